The number of carbonyl (C=O) groups excluding carboxylic acids is 1. The molecule has 0 radical (unpaired) electrons. The van der Waals surface area contributed by atoms with Crippen LogP contribution in [0.5, 0.6) is 0 Å². The normalized spacial score (nSPS) is 24.2. The number of likely N-dealkylation sites (tertiary alicyclic amines) is 1. The summed E-state index contributed by atoms with van der Waals surface area (Å²) in [6, 6.07) is 3.58. The zero-order chi connectivity index (χ0) is 13.8. The fourth-order valence-corrected chi connectivity index (χ4v) is 2.35. The molecule has 104 valence electrons. The molecule has 1 fully saturated rings. The minimum atomic E-state index is -0.367. The Kier molecular flexibility index (Phi) is 4.50. The molecular weight excluding hydrogens is 244 g/mol. The van der Waals surface area contributed by atoms with E-state index in [1.807, 2.05) is 6.07 Å². The molecule has 1 aromatic rings. The first-order valence-electron chi connectivity index (χ1n) is 6.54. The van der Waals surface area contributed by atoms with Gasteiger partial charge in [0.2, 0.25) is 0 Å². The van der Waals surface area contributed by atoms with Gasteiger partial charge in [-0.2, -0.15) is 0 Å². The molecule has 1 aromatic heterocycles. The van der Waals surface area contributed by atoms with Crippen LogP contribution in [0.25, 0.3) is 0 Å². The summed E-state index contributed by atoms with van der Waals surface area (Å²) in [7, 11) is 1.36. The molecule has 0 amide bonds. The predicted molar refractivity (Wildman–Crippen MR) is 70.6 cm³/mol. The number of carbonyl (C=O) groups is 1. The first-order chi connectivity index (χ1) is 9.10. The molecule has 1 aliphatic rings. The molecule has 0 saturated carbocycles. The van der Waals surface area contributed by atoms with Crippen LogP contribution in [-0.4, -0.2) is 47.3 Å². The molecular formula is C14H20N2O3. The molecule has 2 atom stereocenters. The number of aromatic nitrogens is 1. The summed E-state index contributed by atoms with van der Waals surface area (Å²) in [5, 5.41) is 9.69. The van der Waals surface area contributed by atoms with Gasteiger partial charge in [-0.15, -0.1) is 0 Å². The lowest BCUT2D eigenvalue weighted by atomic mass is 9.97. The van der Waals surface area contributed by atoms with Crippen LogP contribution < -0.4 is 0 Å². The van der Waals surface area contributed by atoms with Gasteiger partial charge in [-0.25, -0.2) is 4.79 Å². The van der Waals surface area contributed by atoms with E-state index in [0.29, 0.717) is 11.5 Å². The first kappa shape index (κ1) is 14.0. The fraction of sp³-hybridized carbons (Fsp3) is 0.571. The molecule has 19 heavy (non-hydrogen) atoms. The fourth-order valence-electron chi connectivity index (χ4n) is 2.35. The van der Waals surface area contributed by atoms with Crippen molar-refractivity contribution in [2.24, 2.45) is 5.92 Å². The predicted octanol–water partition coefficient (Wildman–Crippen LogP) is 1.07. The van der Waals surface area contributed by atoms with Crippen LogP contribution in [0.3, 0.4) is 0 Å². The van der Waals surface area contributed by atoms with E-state index >= 15 is 0 Å². The van der Waals surface area contributed by atoms with Crippen LogP contribution >= 0.6 is 0 Å². The Morgan fingerprint density at radius 3 is 2.95 bits per heavy atom. The highest BCUT2D eigenvalue weighted by Gasteiger charge is 2.24. The van der Waals surface area contributed by atoms with Crippen molar-refractivity contribution in [1.82, 2.24) is 9.88 Å². The van der Waals surface area contributed by atoms with E-state index in [1.54, 1.807) is 12.3 Å². The third-order valence-corrected chi connectivity index (χ3v) is 3.58. The molecule has 0 bridgehead atoms. The molecule has 0 spiro atoms. The van der Waals surface area contributed by atoms with Crippen LogP contribution in [0.4, 0.5) is 0 Å². The SMILES string of the molecule is COC(=O)c1ccc(CN2CCC(O)C(C)C2)nc1. The first-order valence-corrected chi connectivity index (χ1v) is 6.54. The van der Waals surface area contributed by atoms with Crippen LogP contribution in [0, 0.1) is 5.92 Å². The largest absolute Gasteiger partial charge is 0.465 e. The van der Waals surface area contributed by atoms with E-state index in [1.165, 1.54) is 7.11 Å². The van der Waals surface area contributed by atoms with Crippen LogP contribution in [0.2, 0.25) is 0 Å². The van der Waals surface area contributed by atoms with Crippen LogP contribution in [0.15, 0.2) is 18.3 Å². The lowest BCUT2D eigenvalue weighted by molar-refractivity contribution is 0.0315. The highest BCUT2D eigenvalue weighted by Crippen LogP contribution is 2.18. The number of aliphatic hydroxyl groups excluding tert-OH is 1. The van der Waals surface area contributed by atoms with E-state index in [9.17, 15) is 9.90 Å². The highest BCUT2D eigenvalue weighted by atomic mass is 16.5. The summed E-state index contributed by atoms with van der Waals surface area (Å²) in [5.74, 6) is -0.0724. The minimum Gasteiger partial charge on any atom is -0.465 e. The number of esters is 1. The number of methoxy groups -OCH3 is 1. The smallest absolute Gasteiger partial charge is 0.339 e. The monoisotopic (exact) mass is 264 g/mol. The van der Waals surface area contributed by atoms with Gasteiger partial charge in [0.15, 0.2) is 0 Å². The summed E-state index contributed by atoms with van der Waals surface area (Å²) in [6.07, 6.45) is 2.16. The number of pyridine rings is 1. The number of ether oxygens (including phenoxy) is 1. The van der Waals surface area contributed by atoms with E-state index < -0.39 is 0 Å². The second-order valence-corrected chi connectivity index (χ2v) is 5.10. The average molecular weight is 264 g/mol. The summed E-state index contributed by atoms with van der Waals surface area (Å²) < 4.78 is 4.63. The highest BCUT2D eigenvalue weighted by molar-refractivity contribution is 5.88. The molecule has 1 aliphatic heterocycles. The van der Waals surface area contributed by atoms with Crippen molar-refractivity contribution >= 4 is 5.97 Å². The van der Waals surface area contributed by atoms with E-state index in [0.717, 1.165) is 31.7 Å². The van der Waals surface area contributed by atoms with Gasteiger partial charge in [-0.3, -0.25) is 9.88 Å². The maximum absolute atomic E-state index is 11.3. The van der Waals surface area contributed by atoms with Gasteiger partial charge >= 0.3 is 5.97 Å². The zero-order valence-corrected chi connectivity index (χ0v) is 11.4. The maximum atomic E-state index is 11.3. The number of aliphatic hydroxyl groups is 1. The van der Waals surface area contributed by atoms with Gasteiger partial charge in [0.25, 0.3) is 0 Å². The topological polar surface area (TPSA) is 62.7 Å². The van der Waals surface area contributed by atoms with Gasteiger partial charge in [0.1, 0.15) is 0 Å². The molecule has 0 aliphatic carbocycles. The number of hydrogen-bond acceptors (Lipinski definition) is 5. The van der Waals surface area contributed by atoms with Gasteiger partial charge in [0.05, 0.1) is 24.5 Å². The summed E-state index contributed by atoms with van der Waals surface area (Å²) in [4.78, 5) is 17.8. The van der Waals surface area contributed by atoms with E-state index in [4.69, 9.17) is 0 Å². The molecule has 5 nitrogen and oxygen atoms in total. The number of piperidine rings is 1. The quantitative estimate of drug-likeness (QED) is 0.827. The average Bonchev–Trinajstić information content (AvgIpc) is 2.43. The van der Waals surface area contributed by atoms with Crippen molar-refractivity contribution in [2.75, 3.05) is 20.2 Å². The summed E-state index contributed by atoms with van der Waals surface area (Å²) in [6.45, 7) is 4.57. The Bertz CT molecular complexity index is 433. The van der Waals surface area contributed by atoms with Gasteiger partial charge in [0, 0.05) is 25.8 Å². The standard InChI is InChI=1S/C14H20N2O3/c1-10-8-16(6-5-13(10)17)9-12-4-3-11(7-15-12)14(18)19-2/h3-4,7,10,13,17H,5-6,8-9H2,1-2H3. The molecule has 1 saturated heterocycles. The Hall–Kier alpha value is -1.46. The molecule has 2 rings (SSSR count). The van der Waals surface area contributed by atoms with Crippen molar-refractivity contribution in [2.45, 2.75) is 26.0 Å². The van der Waals surface area contributed by atoms with Gasteiger partial charge in [-0.1, -0.05) is 6.92 Å². The van der Waals surface area contributed by atoms with Crippen molar-refractivity contribution in [3.8, 4) is 0 Å². The number of rotatable bonds is 3. The van der Waals surface area contributed by atoms with E-state index in [2.05, 4.69) is 21.5 Å². The lowest BCUT2D eigenvalue weighted by Gasteiger charge is -2.34. The number of hydrogen-bond donors (Lipinski definition) is 1. The van der Waals surface area contributed by atoms with Crippen molar-refractivity contribution < 1.29 is 14.6 Å². The zero-order valence-electron chi connectivity index (χ0n) is 11.4. The summed E-state index contributed by atoms with van der Waals surface area (Å²) in [5.41, 5.74) is 1.39. The Balaban J connectivity index is 1.94. The molecule has 2 unspecified atom stereocenters. The second-order valence-electron chi connectivity index (χ2n) is 5.10. The third-order valence-electron chi connectivity index (χ3n) is 3.58. The molecule has 5 heteroatoms. The van der Waals surface area contributed by atoms with Crippen molar-refractivity contribution in [3.05, 3.63) is 29.6 Å². The molecule has 0 aromatic carbocycles. The summed E-state index contributed by atoms with van der Waals surface area (Å²) >= 11 is 0. The second kappa shape index (κ2) is 6.12. The maximum Gasteiger partial charge on any atom is 0.339 e. The Labute approximate surface area is 113 Å². The molecule has 1 N–H and O–H groups in total. The third kappa shape index (κ3) is 3.52. The van der Waals surface area contributed by atoms with E-state index in [-0.39, 0.29) is 12.1 Å². The van der Waals surface area contributed by atoms with Crippen LogP contribution in [0.1, 0.15) is 29.4 Å². The lowest BCUT2D eigenvalue weighted by Crippen LogP contribution is -2.41. The van der Waals surface area contributed by atoms with Crippen molar-refractivity contribution in [3.63, 3.8) is 0 Å². The molecule has 2 heterocycles. The minimum absolute atomic E-state index is 0.189. The Morgan fingerprint density at radius 1 is 1.58 bits per heavy atom. The number of nitrogens with zero attached hydrogens (tertiary/aromatic N) is 2. The van der Waals surface area contributed by atoms with Gasteiger partial charge < -0.3 is 9.84 Å². The van der Waals surface area contributed by atoms with Gasteiger partial charge in [-0.05, 0) is 24.5 Å². The Morgan fingerprint density at radius 2 is 2.37 bits per heavy atom. The van der Waals surface area contributed by atoms with Crippen molar-refractivity contribution in [1.29, 1.82) is 0 Å². The van der Waals surface area contributed by atoms with Crippen LogP contribution in [-0.2, 0) is 11.3 Å².